The summed E-state index contributed by atoms with van der Waals surface area (Å²) in [6, 6.07) is 60.6. The first-order valence-electron chi connectivity index (χ1n) is 28.8. The number of hydrogen-bond acceptors (Lipinski definition) is 9. The van der Waals surface area contributed by atoms with Crippen molar-refractivity contribution in [1.29, 1.82) is 0 Å². The Bertz CT molecular complexity index is 4870. The fraction of sp³-hybridized carbons (Fsp3) is 0.120. The Labute approximate surface area is 520 Å². The molecule has 9 aromatic carbocycles. The largest absolute Gasteiger partial charge is 3.00 e. The standard InChI is InChI=1S/3C25H20N2O2.Ir/c3*1-14-11-12-20-19(13-14)17-9-4-5-10-18(17)24-26-22(25(28)29)23(27(20)24)21-15(2)7-6-8-16(21)3;/h3*4-13H,1-3H3,(H,28,29);/q;;;+3/p-3. The fourth-order valence-corrected chi connectivity index (χ4v) is 13.1. The van der Waals surface area contributed by atoms with Crippen molar-refractivity contribution < 1.29 is 49.8 Å². The molecule has 0 spiro atoms. The number of pyridine rings is 3. The van der Waals surface area contributed by atoms with Crippen molar-refractivity contribution in [1.82, 2.24) is 28.2 Å². The molecule has 6 aromatic heterocycles. The van der Waals surface area contributed by atoms with Gasteiger partial charge < -0.3 is 29.7 Å². The molecule has 0 fully saturated rings. The van der Waals surface area contributed by atoms with Gasteiger partial charge in [-0.15, -0.1) is 0 Å². The molecule has 0 aliphatic carbocycles. The van der Waals surface area contributed by atoms with E-state index in [1.807, 2.05) is 200 Å². The second kappa shape index (κ2) is 22.5. The zero-order valence-corrected chi connectivity index (χ0v) is 52.2. The van der Waals surface area contributed by atoms with Crippen molar-refractivity contribution >= 4 is 99.9 Å². The molecule has 0 atom stereocenters. The minimum atomic E-state index is -1.27. The summed E-state index contributed by atoms with van der Waals surface area (Å²) in [5, 5.41) is 45.5. The molecule has 432 valence electrons. The van der Waals surface area contributed by atoms with Crippen molar-refractivity contribution in [3.8, 4) is 33.8 Å². The molecule has 0 bridgehead atoms. The van der Waals surface area contributed by atoms with E-state index in [1.165, 1.54) is 0 Å². The number of fused-ring (bicyclic) bond motifs is 18. The van der Waals surface area contributed by atoms with Crippen molar-refractivity contribution in [2.45, 2.75) is 62.3 Å². The minimum absolute atomic E-state index is 0. The van der Waals surface area contributed by atoms with Crippen LogP contribution in [0.3, 0.4) is 0 Å². The van der Waals surface area contributed by atoms with E-state index in [0.29, 0.717) is 34.0 Å². The molecule has 15 rings (SSSR count). The first-order valence-corrected chi connectivity index (χ1v) is 28.8. The molecule has 0 N–H and O–H groups in total. The SMILES string of the molecule is Cc1ccc2c(c1)c1ccccc1c1nc(C(=O)[O-])c(-c3c(C)cccc3C)n21.Cc1ccc2c(c1)c1ccccc1c1nc(C(=O)[O-])c(-c3c(C)cccc3C)n21.Cc1ccc2c(c1)c1ccccc1c1nc(C(=O)[O-])c(-c3c(C)cccc3C)n21.[Ir+3]. The quantitative estimate of drug-likeness (QED) is 0.147. The monoisotopic (exact) mass is 1330 g/mol. The second-order valence-corrected chi connectivity index (χ2v) is 22.8. The first-order chi connectivity index (χ1) is 41.9. The average Bonchev–Trinajstić information content (AvgIpc) is 1.72. The van der Waals surface area contributed by atoms with Gasteiger partial charge in [-0.3, -0.25) is 13.2 Å². The maximum Gasteiger partial charge on any atom is 3.00 e. The van der Waals surface area contributed by atoms with Crippen molar-refractivity contribution in [2.24, 2.45) is 0 Å². The summed E-state index contributed by atoms with van der Waals surface area (Å²) in [5.74, 6) is -3.80. The molecule has 6 heterocycles. The topological polar surface area (TPSA) is 172 Å². The summed E-state index contributed by atoms with van der Waals surface area (Å²) >= 11 is 0. The third-order valence-corrected chi connectivity index (χ3v) is 16.9. The summed E-state index contributed by atoms with van der Waals surface area (Å²) in [5.41, 5.74) is 18.5. The Morgan fingerprint density at radius 2 is 0.523 bits per heavy atom. The van der Waals surface area contributed by atoms with Crippen molar-refractivity contribution in [3.05, 3.63) is 249 Å². The Balaban J connectivity index is 0.000000128. The smallest absolute Gasteiger partial charge is 0.543 e. The van der Waals surface area contributed by atoms with Gasteiger partial charge in [-0.05, 0) is 148 Å². The first kappa shape index (κ1) is 58.1. The number of aromatic nitrogens is 6. The fourth-order valence-electron chi connectivity index (χ4n) is 13.1. The van der Waals surface area contributed by atoms with Gasteiger partial charge in [-0.25, -0.2) is 15.0 Å². The van der Waals surface area contributed by atoms with Crippen molar-refractivity contribution in [2.75, 3.05) is 0 Å². The normalized spacial score (nSPS) is 11.4. The molecule has 0 aliphatic heterocycles. The number of carbonyl (C=O) groups excluding carboxylic acids is 3. The van der Waals surface area contributed by atoms with Crippen LogP contribution in [0.4, 0.5) is 0 Å². The summed E-state index contributed by atoms with van der Waals surface area (Å²) in [6.45, 7) is 18.1. The zero-order chi connectivity index (χ0) is 60.9. The van der Waals surface area contributed by atoms with Crippen LogP contribution in [0.2, 0.25) is 0 Å². The van der Waals surface area contributed by atoms with E-state index in [2.05, 4.69) is 72.1 Å². The van der Waals surface area contributed by atoms with Gasteiger partial charge in [0.25, 0.3) is 0 Å². The van der Waals surface area contributed by atoms with Gasteiger partial charge in [0, 0.05) is 49.0 Å². The number of aryl methyl sites for hydroxylation is 9. The summed E-state index contributed by atoms with van der Waals surface area (Å²) in [7, 11) is 0. The third kappa shape index (κ3) is 9.42. The van der Waals surface area contributed by atoms with Gasteiger partial charge in [0.15, 0.2) is 0 Å². The molecule has 88 heavy (non-hydrogen) atoms. The second-order valence-electron chi connectivity index (χ2n) is 22.8. The number of hydrogen-bond donors (Lipinski definition) is 0. The van der Waals surface area contributed by atoms with E-state index >= 15 is 0 Å². The maximum absolute atomic E-state index is 12.1. The summed E-state index contributed by atoms with van der Waals surface area (Å²) in [4.78, 5) is 50.1. The van der Waals surface area contributed by atoms with Gasteiger partial charge in [-0.1, -0.05) is 162 Å². The van der Waals surface area contributed by atoms with E-state index in [-0.39, 0.29) is 37.2 Å². The van der Waals surface area contributed by atoms with Crippen LogP contribution in [0.25, 0.3) is 116 Å². The predicted octanol–water partition coefficient (Wildman–Crippen LogP) is 13.8. The Morgan fingerprint density at radius 1 is 0.295 bits per heavy atom. The molecule has 0 saturated heterocycles. The van der Waals surface area contributed by atoms with Crippen LogP contribution in [-0.4, -0.2) is 46.1 Å². The molecule has 13 heteroatoms. The van der Waals surface area contributed by atoms with Crippen LogP contribution < -0.4 is 15.3 Å². The van der Waals surface area contributed by atoms with E-state index in [1.54, 1.807) is 0 Å². The molecule has 15 aromatic rings. The van der Waals surface area contributed by atoms with E-state index in [4.69, 9.17) is 0 Å². The molecule has 0 amide bonds. The minimum Gasteiger partial charge on any atom is -0.543 e. The zero-order valence-electron chi connectivity index (χ0n) is 49.8. The molecule has 0 saturated carbocycles. The van der Waals surface area contributed by atoms with E-state index in [9.17, 15) is 29.7 Å². The Morgan fingerprint density at radius 3 is 0.750 bits per heavy atom. The number of imidazole rings is 3. The van der Waals surface area contributed by atoms with Crippen LogP contribution in [0.5, 0.6) is 0 Å². The number of carbonyl (C=O) groups is 3. The molecule has 0 radical (unpaired) electrons. The van der Waals surface area contributed by atoms with Gasteiger partial charge in [0.1, 0.15) is 34.0 Å². The van der Waals surface area contributed by atoms with Crippen LogP contribution in [0.1, 0.15) is 81.5 Å². The maximum atomic E-state index is 12.1. The van der Waals surface area contributed by atoms with Gasteiger partial charge in [0.05, 0.1) is 51.5 Å². The molecule has 12 nitrogen and oxygen atoms in total. The third-order valence-electron chi connectivity index (χ3n) is 16.9. The van der Waals surface area contributed by atoms with Crippen LogP contribution >= 0.6 is 0 Å². The molecule has 0 aliphatic rings. The molecular weight excluding hydrogens is 1270 g/mol. The van der Waals surface area contributed by atoms with Crippen molar-refractivity contribution in [3.63, 3.8) is 0 Å². The van der Waals surface area contributed by atoms with Crippen LogP contribution in [0, 0.1) is 62.3 Å². The van der Waals surface area contributed by atoms with Gasteiger partial charge in [0.2, 0.25) is 0 Å². The van der Waals surface area contributed by atoms with Crippen LogP contribution in [0.15, 0.2) is 182 Å². The van der Waals surface area contributed by atoms with Gasteiger partial charge in [-0.2, -0.15) is 0 Å². The molecule has 0 unspecified atom stereocenters. The summed E-state index contributed by atoms with van der Waals surface area (Å²) in [6.07, 6.45) is 0. The number of nitrogens with zero attached hydrogens (tertiary/aromatic N) is 6. The number of aromatic carboxylic acids is 3. The van der Waals surface area contributed by atoms with E-state index < -0.39 is 17.9 Å². The number of benzene rings is 9. The van der Waals surface area contributed by atoms with Crippen LogP contribution in [-0.2, 0) is 20.1 Å². The number of rotatable bonds is 6. The number of carboxylic acid groups (broad SMARTS) is 3. The number of carboxylic acids is 3. The summed E-state index contributed by atoms with van der Waals surface area (Å²) < 4.78 is 5.95. The van der Waals surface area contributed by atoms with E-state index in [0.717, 1.165) is 132 Å². The predicted molar refractivity (Wildman–Crippen MR) is 343 cm³/mol. The molecular formula is C75H57IrN6O6. The van der Waals surface area contributed by atoms with Gasteiger partial charge >= 0.3 is 20.1 Å². The Kier molecular flexibility index (Phi) is 14.8. The average molecular weight is 1330 g/mol. The Hall–Kier alpha value is -10.3.